The van der Waals surface area contributed by atoms with Gasteiger partial charge in [0.2, 0.25) is 5.91 Å². The fourth-order valence-corrected chi connectivity index (χ4v) is 4.35. The van der Waals surface area contributed by atoms with Crippen LogP contribution in [0.4, 0.5) is 0 Å². The minimum Gasteiger partial charge on any atom is -0.342 e. The summed E-state index contributed by atoms with van der Waals surface area (Å²) in [5.41, 5.74) is 5.92. The molecule has 3 rings (SSSR count). The first-order valence-corrected chi connectivity index (χ1v) is 7.80. The van der Waals surface area contributed by atoms with Crippen LogP contribution < -0.4 is 11.1 Å². The van der Waals surface area contributed by atoms with Gasteiger partial charge < -0.3 is 16.0 Å². The van der Waals surface area contributed by atoms with E-state index in [0.29, 0.717) is 18.4 Å². The zero-order valence-corrected chi connectivity index (χ0v) is 12.1. The van der Waals surface area contributed by atoms with E-state index in [1.807, 2.05) is 0 Å². The number of carbonyl (C=O) groups is 1. The van der Waals surface area contributed by atoms with E-state index >= 15 is 0 Å². The molecule has 0 bridgehead atoms. The van der Waals surface area contributed by atoms with Crippen LogP contribution in [0.5, 0.6) is 0 Å². The Morgan fingerprint density at radius 2 is 2.26 bits per heavy atom. The molecule has 2 saturated heterocycles. The number of carbonyl (C=O) groups excluding carboxylic acids is 1. The van der Waals surface area contributed by atoms with Crippen molar-refractivity contribution >= 4 is 5.91 Å². The summed E-state index contributed by atoms with van der Waals surface area (Å²) in [7, 11) is 0. The third-order valence-corrected chi connectivity index (χ3v) is 5.80. The van der Waals surface area contributed by atoms with Crippen LogP contribution in [-0.4, -0.2) is 43.5 Å². The highest BCUT2D eigenvalue weighted by atomic mass is 16.2. The molecule has 3 fully saturated rings. The van der Waals surface area contributed by atoms with E-state index in [0.717, 1.165) is 39.0 Å². The highest BCUT2D eigenvalue weighted by Crippen LogP contribution is 2.46. The van der Waals surface area contributed by atoms with Crippen molar-refractivity contribution in [3.8, 4) is 0 Å². The first-order valence-electron chi connectivity index (χ1n) is 7.80. The molecule has 1 aliphatic carbocycles. The van der Waals surface area contributed by atoms with Gasteiger partial charge in [0.25, 0.3) is 0 Å². The summed E-state index contributed by atoms with van der Waals surface area (Å²) >= 11 is 0. The fourth-order valence-electron chi connectivity index (χ4n) is 4.35. The van der Waals surface area contributed by atoms with Gasteiger partial charge in [-0.05, 0) is 43.7 Å². The van der Waals surface area contributed by atoms with E-state index in [9.17, 15) is 4.79 Å². The van der Waals surface area contributed by atoms with E-state index < -0.39 is 0 Å². The second kappa shape index (κ2) is 4.74. The molecule has 4 nitrogen and oxygen atoms in total. The van der Waals surface area contributed by atoms with Crippen LogP contribution in [0, 0.1) is 16.7 Å². The molecule has 2 heterocycles. The Labute approximate surface area is 116 Å². The quantitative estimate of drug-likeness (QED) is 0.782. The zero-order chi connectivity index (χ0) is 13.5. The zero-order valence-electron chi connectivity index (χ0n) is 12.1. The summed E-state index contributed by atoms with van der Waals surface area (Å²) < 4.78 is 0. The Bertz CT molecular complexity index is 372. The van der Waals surface area contributed by atoms with E-state index in [2.05, 4.69) is 17.1 Å². The molecule has 4 heteroatoms. The van der Waals surface area contributed by atoms with Crippen LogP contribution in [0.25, 0.3) is 0 Å². The smallest absolute Gasteiger partial charge is 0.230 e. The first kappa shape index (κ1) is 13.4. The number of nitrogens with one attached hydrogen (secondary N) is 1. The van der Waals surface area contributed by atoms with Crippen molar-refractivity contribution in [1.82, 2.24) is 10.2 Å². The maximum atomic E-state index is 13.1. The maximum absolute atomic E-state index is 13.1. The maximum Gasteiger partial charge on any atom is 0.230 e. The summed E-state index contributed by atoms with van der Waals surface area (Å²) in [6.07, 6.45) is 5.87. The van der Waals surface area contributed by atoms with E-state index in [1.165, 1.54) is 19.3 Å². The van der Waals surface area contributed by atoms with Gasteiger partial charge in [0.1, 0.15) is 0 Å². The second-order valence-corrected chi connectivity index (χ2v) is 7.22. The van der Waals surface area contributed by atoms with Crippen LogP contribution >= 0.6 is 0 Å². The van der Waals surface area contributed by atoms with Crippen LogP contribution in [0.2, 0.25) is 0 Å². The van der Waals surface area contributed by atoms with Gasteiger partial charge >= 0.3 is 0 Å². The molecule has 108 valence electrons. The lowest BCUT2D eigenvalue weighted by Crippen LogP contribution is -2.49. The van der Waals surface area contributed by atoms with Crippen molar-refractivity contribution in [2.24, 2.45) is 22.5 Å². The van der Waals surface area contributed by atoms with E-state index in [4.69, 9.17) is 5.73 Å². The molecule has 1 unspecified atom stereocenters. The summed E-state index contributed by atoms with van der Waals surface area (Å²) in [6.45, 7) is 6.59. The van der Waals surface area contributed by atoms with Crippen molar-refractivity contribution in [3.63, 3.8) is 0 Å². The molecule has 19 heavy (non-hydrogen) atoms. The summed E-state index contributed by atoms with van der Waals surface area (Å²) in [4.78, 5) is 15.2. The standard InChI is InChI=1S/C15H27N3O/c1-14(9-16)6-7-18(11-14)13(19)15-5-3-2-4-12(15)8-17-10-15/h12,17H,2-11,16H2,1H3/t12-,14?,15+/m0/s1. The number of likely N-dealkylation sites (tertiary alicyclic amines) is 1. The van der Waals surface area contributed by atoms with E-state index in [-0.39, 0.29) is 10.8 Å². The Hall–Kier alpha value is -0.610. The summed E-state index contributed by atoms with van der Waals surface area (Å²) in [5.74, 6) is 0.984. The lowest BCUT2D eigenvalue weighted by Gasteiger charge is -2.40. The van der Waals surface area contributed by atoms with Crippen molar-refractivity contribution in [1.29, 1.82) is 0 Å². The minimum absolute atomic E-state index is 0.0852. The monoisotopic (exact) mass is 265 g/mol. The third-order valence-electron chi connectivity index (χ3n) is 5.80. The second-order valence-electron chi connectivity index (χ2n) is 7.22. The van der Waals surface area contributed by atoms with Crippen molar-refractivity contribution in [2.45, 2.75) is 39.0 Å². The number of nitrogens with two attached hydrogens (primary N) is 1. The molecular formula is C15H27N3O. The lowest BCUT2D eigenvalue weighted by molar-refractivity contribution is -0.144. The molecule has 1 saturated carbocycles. The highest BCUT2D eigenvalue weighted by Gasteiger charge is 2.52. The number of hydrogen-bond acceptors (Lipinski definition) is 3. The molecule has 0 spiro atoms. The normalized spacial score (nSPS) is 42.4. The molecule has 0 aromatic heterocycles. The van der Waals surface area contributed by atoms with Gasteiger partial charge in [-0.25, -0.2) is 0 Å². The van der Waals surface area contributed by atoms with Crippen LogP contribution in [0.1, 0.15) is 39.0 Å². The van der Waals surface area contributed by atoms with E-state index in [1.54, 1.807) is 0 Å². The number of rotatable bonds is 2. The Morgan fingerprint density at radius 1 is 1.42 bits per heavy atom. The Balaban J connectivity index is 1.76. The van der Waals surface area contributed by atoms with Crippen molar-refractivity contribution in [3.05, 3.63) is 0 Å². The fraction of sp³-hybridized carbons (Fsp3) is 0.933. The lowest BCUT2D eigenvalue weighted by atomic mass is 9.67. The number of nitrogens with zero attached hydrogens (tertiary/aromatic N) is 1. The molecule has 0 radical (unpaired) electrons. The van der Waals surface area contributed by atoms with Gasteiger partial charge in [0.05, 0.1) is 5.41 Å². The minimum atomic E-state index is -0.0852. The average molecular weight is 265 g/mol. The van der Waals surface area contributed by atoms with Gasteiger partial charge in [-0.3, -0.25) is 4.79 Å². The van der Waals surface area contributed by atoms with Crippen LogP contribution in [-0.2, 0) is 4.79 Å². The predicted molar refractivity (Wildman–Crippen MR) is 75.6 cm³/mol. The Morgan fingerprint density at radius 3 is 3.00 bits per heavy atom. The van der Waals surface area contributed by atoms with Gasteiger partial charge in [-0.2, -0.15) is 0 Å². The summed E-state index contributed by atoms with van der Waals surface area (Å²) in [6, 6.07) is 0. The largest absolute Gasteiger partial charge is 0.342 e. The molecule has 3 aliphatic rings. The predicted octanol–water partition coefficient (Wildman–Crippen LogP) is 0.964. The van der Waals surface area contributed by atoms with Crippen LogP contribution in [0.3, 0.4) is 0 Å². The molecule has 0 aromatic rings. The van der Waals surface area contributed by atoms with Crippen molar-refractivity contribution in [2.75, 3.05) is 32.7 Å². The van der Waals surface area contributed by atoms with Crippen molar-refractivity contribution < 1.29 is 4.79 Å². The van der Waals surface area contributed by atoms with Crippen LogP contribution in [0.15, 0.2) is 0 Å². The number of amides is 1. The molecule has 1 amide bonds. The SMILES string of the molecule is CC1(CN)CCN(C(=O)[C@@]23CCCC[C@H]2CNC3)C1. The number of hydrogen-bond donors (Lipinski definition) is 2. The third kappa shape index (κ3) is 2.09. The molecule has 3 atom stereocenters. The topological polar surface area (TPSA) is 58.4 Å². The summed E-state index contributed by atoms with van der Waals surface area (Å²) in [5, 5.41) is 3.47. The molecule has 2 aliphatic heterocycles. The van der Waals surface area contributed by atoms with Gasteiger partial charge in [0, 0.05) is 19.6 Å². The highest BCUT2D eigenvalue weighted by molar-refractivity contribution is 5.84. The molecular weight excluding hydrogens is 238 g/mol. The first-order chi connectivity index (χ1) is 9.10. The van der Waals surface area contributed by atoms with Gasteiger partial charge in [-0.1, -0.05) is 19.8 Å². The molecule has 3 N–H and O–H groups in total. The average Bonchev–Trinajstić information content (AvgIpc) is 3.03. The molecule has 0 aromatic carbocycles. The number of fused-ring (bicyclic) bond motifs is 1. The van der Waals surface area contributed by atoms with Gasteiger partial charge in [0.15, 0.2) is 0 Å². The Kier molecular flexibility index (Phi) is 3.34. The van der Waals surface area contributed by atoms with Gasteiger partial charge in [-0.15, -0.1) is 0 Å².